The third kappa shape index (κ3) is 2.27. The average molecular weight is 198 g/mol. The highest BCUT2D eigenvalue weighted by atomic mass is 16.2. The van der Waals surface area contributed by atoms with Crippen LogP contribution in [0.1, 0.15) is 33.6 Å². The number of rotatable bonds is 4. The van der Waals surface area contributed by atoms with E-state index in [2.05, 4.69) is 31.0 Å². The quantitative estimate of drug-likeness (QED) is 0.737. The predicted molar refractivity (Wildman–Crippen MR) is 58.1 cm³/mol. The number of carbonyl (C=O) groups excluding carboxylic acids is 1. The molecule has 14 heavy (non-hydrogen) atoms. The lowest BCUT2D eigenvalue weighted by molar-refractivity contribution is -0.131. The number of nitrogens with one attached hydrogen (secondary N) is 1. The Morgan fingerprint density at radius 2 is 2.14 bits per heavy atom. The number of nitrogens with zero attached hydrogens (tertiary/aromatic N) is 1. The first-order valence-electron chi connectivity index (χ1n) is 5.53. The van der Waals surface area contributed by atoms with Crippen LogP contribution in [0, 0.1) is 5.92 Å². The summed E-state index contributed by atoms with van der Waals surface area (Å²) in [5.41, 5.74) is 0. The maximum absolute atomic E-state index is 11.6. The normalized spacial score (nSPS) is 24.8. The molecule has 2 unspecified atom stereocenters. The van der Waals surface area contributed by atoms with Gasteiger partial charge in [-0.2, -0.15) is 0 Å². The van der Waals surface area contributed by atoms with Crippen LogP contribution in [0.4, 0.5) is 0 Å². The molecule has 0 radical (unpaired) electrons. The second-order valence-electron chi connectivity index (χ2n) is 4.54. The predicted octanol–water partition coefficient (Wildman–Crippen LogP) is 1.24. The van der Waals surface area contributed by atoms with Gasteiger partial charge in [0.15, 0.2) is 0 Å². The topological polar surface area (TPSA) is 32.3 Å². The maximum atomic E-state index is 11.6. The van der Waals surface area contributed by atoms with E-state index < -0.39 is 0 Å². The number of amides is 1. The van der Waals surface area contributed by atoms with Crippen LogP contribution in [0.15, 0.2) is 0 Å². The van der Waals surface area contributed by atoms with Crippen molar-refractivity contribution in [2.75, 3.05) is 13.6 Å². The van der Waals surface area contributed by atoms with E-state index in [-0.39, 0.29) is 0 Å². The lowest BCUT2D eigenvalue weighted by atomic mass is 9.99. The van der Waals surface area contributed by atoms with Gasteiger partial charge in [-0.25, -0.2) is 0 Å². The van der Waals surface area contributed by atoms with Gasteiger partial charge >= 0.3 is 0 Å². The third-order valence-corrected chi connectivity index (χ3v) is 3.04. The van der Waals surface area contributed by atoms with Crippen LogP contribution in [-0.2, 0) is 4.79 Å². The largest absolute Gasteiger partial charge is 0.337 e. The van der Waals surface area contributed by atoms with Crippen molar-refractivity contribution in [2.24, 2.45) is 5.92 Å². The van der Waals surface area contributed by atoms with Crippen LogP contribution in [0.3, 0.4) is 0 Å². The average Bonchev–Trinajstić information content (AvgIpc) is 2.47. The molecule has 3 nitrogen and oxygen atoms in total. The van der Waals surface area contributed by atoms with Crippen molar-refractivity contribution in [1.82, 2.24) is 10.2 Å². The summed E-state index contributed by atoms with van der Waals surface area (Å²) >= 11 is 0. The summed E-state index contributed by atoms with van der Waals surface area (Å²) in [7, 11) is 1.97. The molecule has 1 saturated heterocycles. The molecule has 0 bridgehead atoms. The fourth-order valence-corrected chi connectivity index (χ4v) is 2.41. The Morgan fingerprint density at radius 1 is 1.50 bits per heavy atom. The van der Waals surface area contributed by atoms with Gasteiger partial charge in [0.1, 0.15) is 0 Å². The highest BCUT2D eigenvalue weighted by Crippen LogP contribution is 2.26. The zero-order valence-corrected chi connectivity index (χ0v) is 9.71. The van der Waals surface area contributed by atoms with E-state index >= 15 is 0 Å². The van der Waals surface area contributed by atoms with Crippen molar-refractivity contribution >= 4 is 5.91 Å². The monoisotopic (exact) mass is 198 g/mol. The molecule has 1 rings (SSSR count). The standard InChI is InChI=1S/C11H22N2O/c1-8(2)13-10(5-6-11(13)14)9(3)7-12-4/h8-10,12H,5-7H2,1-4H3. The van der Waals surface area contributed by atoms with E-state index in [9.17, 15) is 4.79 Å². The fraction of sp³-hybridized carbons (Fsp3) is 0.909. The Hall–Kier alpha value is -0.570. The first-order valence-corrected chi connectivity index (χ1v) is 5.53. The summed E-state index contributed by atoms with van der Waals surface area (Å²) in [5.74, 6) is 0.877. The van der Waals surface area contributed by atoms with Crippen LogP contribution < -0.4 is 5.32 Å². The Balaban J connectivity index is 2.64. The summed E-state index contributed by atoms with van der Waals surface area (Å²) < 4.78 is 0. The molecular formula is C11H22N2O. The van der Waals surface area contributed by atoms with Gasteiger partial charge in [-0.05, 0) is 39.8 Å². The SMILES string of the molecule is CNCC(C)C1CCC(=O)N1C(C)C. The molecule has 1 N–H and O–H groups in total. The number of hydrogen-bond donors (Lipinski definition) is 1. The molecule has 0 aromatic carbocycles. The molecule has 1 fully saturated rings. The maximum Gasteiger partial charge on any atom is 0.223 e. The first kappa shape index (κ1) is 11.5. The minimum atomic E-state index is 0.327. The van der Waals surface area contributed by atoms with Crippen LogP contribution in [0.5, 0.6) is 0 Å². The van der Waals surface area contributed by atoms with Gasteiger partial charge in [-0.1, -0.05) is 6.92 Å². The second-order valence-corrected chi connectivity index (χ2v) is 4.54. The highest BCUT2D eigenvalue weighted by molar-refractivity contribution is 5.79. The number of carbonyl (C=O) groups is 1. The molecule has 1 aliphatic heterocycles. The molecule has 0 aromatic rings. The van der Waals surface area contributed by atoms with E-state index in [0.717, 1.165) is 19.4 Å². The fourth-order valence-electron chi connectivity index (χ4n) is 2.41. The van der Waals surface area contributed by atoms with Crippen molar-refractivity contribution in [2.45, 2.75) is 45.7 Å². The Labute approximate surface area is 86.9 Å². The van der Waals surface area contributed by atoms with Gasteiger partial charge in [0.2, 0.25) is 5.91 Å². The van der Waals surface area contributed by atoms with Gasteiger partial charge in [0, 0.05) is 18.5 Å². The van der Waals surface area contributed by atoms with Crippen molar-refractivity contribution in [3.05, 3.63) is 0 Å². The van der Waals surface area contributed by atoms with E-state index in [1.165, 1.54) is 0 Å². The zero-order valence-electron chi connectivity index (χ0n) is 9.71. The Morgan fingerprint density at radius 3 is 2.64 bits per heavy atom. The van der Waals surface area contributed by atoms with Gasteiger partial charge in [0.25, 0.3) is 0 Å². The molecule has 0 saturated carbocycles. The molecule has 0 aromatic heterocycles. The number of likely N-dealkylation sites (tertiary alicyclic amines) is 1. The molecule has 0 aliphatic carbocycles. The third-order valence-electron chi connectivity index (χ3n) is 3.04. The first-order chi connectivity index (χ1) is 6.57. The molecule has 0 spiro atoms. The molecule has 1 amide bonds. The van der Waals surface area contributed by atoms with E-state index in [0.29, 0.717) is 23.9 Å². The van der Waals surface area contributed by atoms with Gasteiger partial charge < -0.3 is 10.2 Å². The molecule has 1 heterocycles. The summed E-state index contributed by atoms with van der Waals surface area (Å²) in [4.78, 5) is 13.7. The van der Waals surface area contributed by atoms with Crippen molar-refractivity contribution in [3.63, 3.8) is 0 Å². The van der Waals surface area contributed by atoms with Crippen molar-refractivity contribution in [1.29, 1.82) is 0 Å². The summed E-state index contributed by atoms with van der Waals surface area (Å²) in [6.45, 7) is 7.40. The van der Waals surface area contributed by atoms with Gasteiger partial charge in [-0.15, -0.1) is 0 Å². The summed E-state index contributed by atoms with van der Waals surface area (Å²) in [5, 5.41) is 3.18. The van der Waals surface area contributed by atoms with Crippen LogP contribution in [-0.4, -0.2) is 36.5 Å². The lowest BCUT2D eigenvalue weighted by Crippen LogP contribution is -2.44. The highest BCUT2D eigenvalue weighted by Gasteiger charge is 2.35. The van der Waals surface area contributed by atoms with Gasteiger partial charge in [0.05, 0.1) is 0 Å². The summed E-state index contributed by atoms with van der Waals surface area (Å²) in [6, 6.07) is 0.782. The van der Waals surface area contributed by atoms with Gasteiger partial charge in [-0.3, -0.25) is 4.79 Å². The van der Waals surface area contributed by atoms with E-state index in [4.69, 9.17) is 0 Å². The second kappa shape index (κ2) is 4.78. The Kier molecular flexibility index (Phi) is 3.93. The molecule has 2 atom stereocenters. The van der Waals surface area contributed by atoms with Crippen LogP contribution in [0.25, 0.3) is 0 Å². The zero-order chi connectivity index (χ0) is 10.7. The minimum Gasteiger partial charge on any atom is -0.337 e. The van der Waals surface area contributed by atoms with Crippen molar-refractivity contribution < 1.29 is 4.79 Å². The Bertz CT molecular complexity index is 203. The van der Waals surface area contributed by atoms with Crippen LogP contribution in [0.2, 0.25) is 0 Å². The minimum absolute atomic E-state index is 0.327. The molecular weight excluding hydrogens is 176 g/mol. The van der Waals surface area contributed by atoms with Crippen LogP contribution >= 0.6 is 0 Å². The summed E-state index contributed by atoms with van der Waals surface area (Å²) in [6.07, 6.45) is 1.76. The van der Waals surface area contributed by atoms with Crippen molar-refractivity contribution in [3.8, 4) is 0 Å². The van der Waals surface area contributed by atoms with E-state index in [1.54, 1.807) is 0 Å². The lowest BCUT2D eigenvalue weighted by Gasteiger charge is -2.32. The van der Waals surface area contributed by atoms with E-state index in [1.807, 2.05) is 7.05 Å². The molecule has 82 valence electrons. The molecule has 1 aliphatic rings. The number of hydrogen-bond acceptors (Lipinski definition) is 2. The molecule has 3 heteroatoms. The smallest absolute Gasteiger partial charge is 0.223 e.